The number of thiazole rings is 1. The summed E-state index contributed by atoms with van der Waals surface area (Å²) < 4.78 is 0. The molecule has 1 saturated carbocycles. The van der Waals surface area contributed by atoms with Crippen LogP contribution >= 0.6 is 11.3 Å². The molecule has 1 aliphatic heterocycles. The molecule has 1 fully saturated rings. The second-order valence-corrected chi connectivity index (χ2v) is 9.28. The Hall–Kier alpha value is -3.30. The monoisotopic (exact) mass is 449 g/mol. The molecule has 32 heavy (non-hydrogen) atoms. The number of fused-ring (bicyclic) bond motifs is 1. The summed E-state index contributed by atoms with van der Waals surface area (Å²) in [6.07, 6.45) is 2.86. The van der Waals surface area contributed by atoms with Crippen molar-refractivity contribution >= 4 is 33.8 Å². The summed E-state index contributed by atoms with van der Waals surface area (Å²) in [6.45, 7) is 2.59. The van der Waals surface area contributed by atoms with Crippen LogP contribution in [0.3, 0.4) is 0 Å². The maximum Gasteiger partial charge on any atom is 0.293 e. The standard InChI is InChI=1S/C23H23N5O3S/c29-22(16-6-9-18(24-17-7-8-17)20(12-16)28(30)31)26-23-25-19-10-11-27(14-21(19)32-23)13-15-4-2-1-3-5-15/h1-6,9,12,17,24H,7-8,10-11,13-14H2,(H,25,26,29). The highest BCUT2D eigenvalue weighted by molar-refractivity contribution is 7.15. The van der Waals surface area contributed by atoms with Gasteiger partial charge in [0.1, 0.15) is 5.69 Å². The van der Waals surface area contributed by atoms with Gasteiger partial charge in [-0.05, 0) is 30.5 Å². The molecule has 164 valence electrons. The maximum absolute atomic E-state index is 12.8. The number of nitrogens with one attached hydrogen (secondary N) is 2. The van der Waals surface area contributed by atoms with E-state index in [0.717, 1.165) is 49.5 Å². The number of rotatable bonds is 7. The number of amides is 1. The van der Waals surface area contributed by atoms with Crippen LogP contribution in [0.2, 0.25) is 0 Å². The number of benzene rings is 2. The minimum absolute atomic E-state index is 0.0838. The normalized spacial score (nSPS) is 15.8. The molecule has 8 nitrogen and oxygen atoms in total. The number of hydrogen-bond donors (Lipinski definition) is 2. The molecule has 0 unspecified atom stereocenters. The van der Waals surface area contributed by atoms with Crippen LogP contribution in [0.15, 0.2) is 48.5 Å². The van der Waals surface area contributed by atoms with E-state index in [0.29, 0.717) is 10.8 Å². The van der Waals surface area contributed by atoms with Crippen LogP contribution in [0.4, 0.5) is 16.5 Å². The first kappa shape index (κ1) is 20.6. The second-order valence-electron chi connectivity index (χ2n) is 8.20. The summed E-state index contributed by atoms with van der Waals surface area (Å²) in [6, 6.07) is 15.2. The number of nitrogens with zero attached hydrogens (tertiary/aromatic N) is 3. The van der Waals surface area contributed by atoms with E-state index in [2.05, 4.69) is 32.7 Å². The highest BCUT2D eigenvalue weighted by Gasteiger charge is 2.26. The van der Waals surface area contributed by atoms with Crippen molar-refractivity contribution in [2.75, 3.05) is 17.2 Å². The largest absolute Gasteiger partial charge is 0.377 e. The van der Waals surface area contributed by atoms with Crippen LogP contribution in [0, 0.1) is 10.1 Å². The summed E-state index contributed by atoms with van der Waals surface area (Å²) in [4.78, 5) is 31.9. The van der Waals surface area contributed by atoms with Crippen molar-refractivity contribution in [3.8, 4) is 0 Å². The summed E-state index contributed by atoms with van der Waals surface area (Å²) in [5, 5.41) is 18.0. The van der Waals surface area contributed by atoms with E-state index < -0.39 is 10.8 Å². The van der Waals surface area contributed by atoms with Crippen molar-refractivity contribution in [1.82, 2.24) is 9.88 Å². The fourth-order valence-electron chi connectivity index (χ4n) is 3.84. The Morgan fingerprint density at radius 3 is 2.78 bits per heavy atom. The van der Waals surface area contributed by atoms with Crippen LogP contribution in [-0.4, -0.2) is 33.3 Å². The van der Waals surface area contributed by atoms with Gasteiger partial charge in [-0.3, -0.25) is 25.1 Å². The van der Waals surface area contributed by atoms with Gasteiger partial charge in [-0.1, -0.05) is 30.3 Å². The molecule has 2 N–H and O–H groups in total. The highest BCUT2D eigenvalue weighted by atomic mass is 32.1. The average molecular weight is 450 g/mol. The van der Waals surface area contributed by atoms with Gasteiger partial charge >= 0.3 is 0 Å². The Balaban J connectivity index is 1.27. The third-order valence-corrected chi connectivity index (χ3v) is 6.67. The maximum atomic E-state index is 12.8. The predicted octanol–water partition coefficient (Wildman–Crippen LogP) is 4.44. The smallest absolute Gasteiger partial charge is 0.293 e. The predicted molar refractivity (Wildman–Crippen MR) is 124 cm³/mol. The molecule has 3 aromatic rings. The van der Waals surface area contributed by atoms with Crippen LogP contribution in [0.25, 0.3) is 0 Å². The zero-order valence-corrected chi connectivity index (χ0v) is 18.2. The molecule has 0 saturated heterocycles. The van der Waals surface area contributed by atoms with Gasteiger partial charge in [0.25, 0.3) is 11.6 Å². The lowest BCUT2D eigenvalue weighted by Crippen LogP contribution is -2.29. The number of nitro benzene ring substituents is 1. The van der Waals surface area contributed by atoms with Crippen LogP contribution in [0.1, 0.15) is 39.3 Å². The lowest BCUT2D eigenvalue weighted by Gasteiger charge is -2.25. The van der Waals surface area contributed by atoms with Crippen LogP contribution < -0.4 is 10.6 Å². The van der Waals surface area contributed by atoms with Crippen molar-refractivity contribution in [3.05, 3.63) is 80.3 Å². The molecule has 5 rings (SSSR count). The zero-order valence-electron chi connectivity index (χ0n) is 17.4. The molecule has 0 radical (unpaired) electrons. The van der Waals surface area contributed by atoms with E-state index in [4.69, 9.17) is 0 Å². The SMILES string of the molecule is O=C(Nc1nc2c(s1)CN(Cc1ccccc1)CC2)c1ccc(NC2CC2)c([N+](=O)[O-])c1. The van der Waals surface area contributed by atoms with Gasteiger partial charge in [-0.25, -0.2) is 4.98 Å². The molecule has 2 aliphatic rings. The minimum Gasteiger partial charge on any atom is -0.377 e. The third kappa shape index (κ3) is 4.63. The molecule has 0 atom stereocenters. The quantitative estimate of drug-likeness (QED) is 0.409. The Labute approximate surface area is 189 Å². The van der Waals surface area contributed by atoms with Gasteiger partial charge in [-0.2, -0.15) is 0 Å². The molecule has 2 aromatic carbocycles. The molecule has 1 aliphatic carbocycles. The number of hydrogen-bond acceptors (Lipinski definition) is 7. The summed E-state index contributed by atoms with van der Waals surface area (Å²) in [5.74, 6) is -0.390. The Bertz CT molecular complexity index is 1160. The Morgan fingerprint density at radius 1 is 1.22 bits per heavy atom. The van der Waals surface area contributed by atoms with Crippen LogP contribution in [0.5, 0.6) is 0 Å². The zero-order chi connectivity index (χ0) is 22.1. The Morgan fingerprint density at radius 2 is 2.03 bits per heavy atom. The van der Waals surface area contributed by atoms with Gasteiger partial charge in [0.05, 0.1) is 10.6 Å². The van der Waals surface area contributed by atoms with E-state index >= 15 is 0 Å². The lowest BCUT2D eigenvalue weighted by molar-refractivity contribution is -0.384. The molecule has 9 heteroatoms. The van der Waals surface area contributed by atoms with Gasteiger partial charge in [0.15, 0.2) is 5.13 Å². The first-order chi connectivity index (χ1) is 15.5. The number of anilines is 2. The van der Waals surface area contributed by atoms with E-state index in [1.54, 1.807) is 12.1 Å². The fraction of sp³-hybridized carbons (Fsp3) is 0.304. The molecule has 2 heterocycles. The number of carbonyl (C=O) groups excluding carboxylic acids is 1. The summed E-state index contributed by atoms with van der Waals surface area (Å²) in [5.41, 5.74) is 2.91. The third-order valence-electron chi connectivity index (χ3n) is 5.67. The first-order valence-electron chi connectivity index (χ1n) is 10.7. The van der Waals surface area contributed by atoms with Crippen LogP contribution in [-0.2, 0) is 19.5 Å². The Kier molecular flexibility index (Phi) is 5.59. The second kappa shape index (κ2) is 8.68. The molecular formula is C23H23N5O3S. The summed E-state index contributed by atoms with van der Waals surface area (Å²) >= 11 is 1.47. The van der Waals surface area contributed by atoms with Gasteiger partial charge in [-0.15, -0.1) is 11.3 Å². The topological polar surface area (TPSA) is 100 Å². The van der Waals surface area contributed by atoms with E-state index in [9.17, 15) is 14.9 Å². The van der Waals surface area contributed by atoms with Crippen molar-refractivity contribution in [1.29, 1.82) is 0 Å². The van der Waals surface area contributed by atoms with E-state index in [1.165, 1.54) is 23.0 Å². The highest BCUT2D eigenvalue weighted by Crippen LogP contribution is 2.33. The lowest BCUT2D eigenvalue weighted by atomic mass is 10.1. The minimum atomic E-state index is -0.453. The first-order valence-corrected chi connectivity index (χ1v) is 11.5. The summed E-state index contributed by atoms with van der Waals surface area (Å²) in [7, 11) is 0. The van der Waals surface area contributed by atoms with Gasteiger partial charge in [0.2, 0.25) is 0 Å². The van der Waals surface area contributed by atoms with Gasteiger partial charge < -0.3 is 5.32 Å². The number of aromatic nitrogens is 1. The molecule has 0 spiro atoms. The fourth-order valence-corrected chi connectivity index (χ4v) is 4.89. The van der Waals surface area contributed by atoms with Gasteiger partial charge in [0, 0.05) is 48.6 Å². The molecule has 1 amide bonds. The van der Waals surface area contributed by atoms with E-state index in [-0.39, 0.29) is 17.3 Å². The van der Waals surface area contributed by atoms with Crippen molar-refractivity contribution in [2.45, 2.75) is 38.4 Å². The van der Waals surface area contributed by atoms with Crippen molar-refractivity contribution in [2.24, 2.45) is 0 Å². The molecular weight excluding hydrogens is 426 g/mol. The number of carbonyl (C=O) groups is 1. The molecule has 1 aromatic heterocycles. The van der Waals surface area contributed by atoms with Crippen molar-refractivity contribution < 1.29 is 9.72 Å². The number of nitro groups is 1. The van der Waals surface area contributed by atoms with Crippen molar-refractivity contribution in [3.63, 3.8) is 0 Å². The molecule has 0 bridgehead atoms. The van der Waals surface area contributed by atoms with E-state index in [1.807, 2.05) is 18.2 Å². The average Bonchev–Trinajstić information content (AvgIpc) is 3.51.